The van der Waals surface area contributed by atoms with Gasteiger partial charge in [-0.25, -0.2) is 4.79 Å². The Balaban J connectivity index is 1.57. The first-order valence-electron chi connectivity index (χ1n) is 9.36. The normalized spacial score (nSPS) is 18.2. The molecule has 0 radical (unpaired) electrons. The summed E-state index contributed by atoms with van der Waals surface area (Å²) in [6.07, 6.45) is 6.67. The van der Waals surface area contributed by atoms with Crippen LogP contribution in [0.3, 0.4) is 0 Å². The van der Waals surface area contributed by atoms with E-state index in [9.17, 15) is 9.59 Å². The zero-order valence-corrected chi connectivity index (χ0v) is 15.7. The maximum absolute atomic E-state index is 13.1. The number of allylic oxidation sites excluding steroid dienone is 2. The van der Waals surface area contributed by atoms with Gasteiger partial charge in [0.05, 0.1) is 11.6 Å². The van der Waals surface area contributed by atoms with Crippen LogP contribution in [0.4, 0.5) is 0 Å². The number of fused-ring (bicyclic) bond motifs is 1. The molecule has 0 bridgehead atoms. The van der Waals surface area contributed by atoms with Crippen LogP contribution in [0, 0.1) is 0 Å². The Morgan fingerprint density at radius 3 is 2.43 bits per heavy atom. The number of nitrogens with zero attached hydrogens (tertiary/aromatic N) is 1. The first-order valence-corrected chi connectivity index (χ1v) is 9.36. The fourth-order valence-corrected chi connectivity index (χ4v) is 3.54. The summed E-state index contributed by atoms with van der Waals surface area (Å²) in [6, 6.07) is 18.6. The molecule has 4 nitrogen and oxygen atoms in total. The Hall–Kier alpha value is -3.40. The van der Waals surface area contributed by atoms with Crippen LogP contribution in [0.1, 0.15) is 22.8 Å². The molecule has 0 saturated carbocycles. The van der Waals surface area contributed by atoms with E-state index in [4.69, 9.17) is 4.74 Å². The quantitative estimate of drug-likeness (QED) is 0.745. The lowest BCUT2D eigenvalue weighted by molar-refractivity contribution is -0.128. The van der Waals surface area contributed by atoms with Gasteiger partial charge < -0.3 is 9.64 Å². The van der Waals surface area contributed by atoms with Crippen molar-refractivity contribution in [3.63, 3.8) is 0 Å². The van der Waals surface area contributed by atoms with Gasteiger partial charge in [0, 0.05) is 12.1 Å². The van der Waals surface area contributed by atoms with Crippen molar-refractivity contribution in [1.82, 2.24) is 4.90 Å². The fourth-order valence-electron chi connectivity index (χ4n) is 3.54. The highest BCUT2D eigenvalue weighted by Crippen LogP contribution is 2.33. The topological polar surface area (TPSA) is 46.6 Å². The molecule has 0 saturated heterocycles. The van der Waals surface area contributed by atoms with Crippen LogP contribution in [0.15, 0.2) is 95.8 Å². The minimum absolute atomic E-state index is 0.135. The summed E-state index contributed by atoms with van der Waals surface area (Å²) < 4.78 is 5.58. The van der Waals surface area contributed by atoms with Crippen LogP contribution in [0.2, 0.25) is 0 Å². The second-order valence-corrected chi connectivity index (χ2v) is 6.97. The average Bonchev–Trinajstić information content (AvgIpc) is 2.98. The summed E-state index contributed by atoms with van der Waals surface area (Å²) in [5.74, 6) is -0.618. The number of hydrogen-bond donors (Lipinski definition) is 0. The average molecular weight is 371 g/mol. The molecular weight excluding hydrogens is 350 g/mol. The highest BCUT2D eigenvalue weighted by Gasteiger charge is 2.40. The maximum Gasteiger partial charge on any atom is 0.343 e. The molecule has 0 N–H and O–H groups in total. The summed E-state index contributed by atoms with van der Waals surface area (Å²) in [6.45, 7) is 2.52. The Morgan fingerprint density at radius 2 is 1.71 bits per heavy atom. The predicted octanol–water partition coefficient (Wildman–Crippen LogP) is 4.07. The number of rotatable bonds is 5. The number of esters is 1. The van der Waals surface area contributed by atoms with Gasteiger partial charge in [0.25, 0.3) is 5.91 Å². The van der Waals surface area contributed by atoms with Gasteiger partial charge in [-0.15, -0.1) is 0 Å². The largest absolute Gasteiger partial charge is 0.417 e. The monoisotopic (exact) mass is 371 g/mol. The number of ether oxygens (including phenoxy) is 1. The maximum atomic E-state index is 13.1. The van der Waals surface area contributed by atoms with Crippen molar-refractivity contribution in [2.24, 2.45) is 0 Å². The molecule has 1 aliphatic heterocycles. The zero-order chi connectivity index (χ0) is 19.5. The van der Waals surface area contributed by atoms with Gasteiger partial charge in [-0.05, 0) is 37.1 Å². The van der Waals surface area contributed by atoms with Crippen molar-refractivity contribution in [2.45, 2.75) is 19.4 Å². The molecule has 4 rings (SSSR count). The van der Waals surface area contributed by atoms with Crippen molar-refractivity contribution < 1.29 is 14.3 Å². The van der Waals surface area contributed by atoms with Gasteiger partial charge in [0.1, 0.15) is 0 Å². The molecule has 0 spiro atoms. The smallest absolute Gasteiger partial charge is 0.343 e. The molecule has 2 aromatic carbocycles. The molecule has 1 heterocycles. The Kier molecular flexibility index (Phi) is 4.94. The Morgan fingerprint density at radius 1 is 1.04 bits per heavy atom. The molecule has 1 atom stereocenters. The molecule has 2 aromatic rings. The summed E-state index contributed by atoms with van der Waals surface area (Å²) in [5, 5.41) is 0. The van der Waals surface area contributed by atoms with Gasteiger partial charge in [-0.1, -0.05) is 66.3 Å². The number of carbonyl (C=O) groups excluding carboxylic acids is 2. The van der Waals surface area contributed by atoms with Crippen molar-refractivity contribution in [2.75, 3.05) is 6.54 Å². The molecule has 1 amide bonds. The first-order chi connectivity index (χ1) is 13.6. The second-order valence-electron chi connectivity index (χ2n) is 6.97. The zero-order valence-electron chi connectivity index (χ0n) is 15.7. The van der Waals surface area contributed by atoms with Crippen LogP contribution < -0.4 is 0 Å². The van der Waals surface area contributed by atoms with Crippen molar-refractivity contribution in [1.29, 1.82) is 0 Å². The molecule has 0 fully saturated rings. The molecular formula is C24H21NO3. The third-order valence-corrected chi connectivity index (χ3v) is 4.98. The molecule has 28 heavy (non-hydrogen) atoms. The van der Waals surface area contributed by atoms with Gasteiger partial charge in [0.15, 0.2) is 0 Å². The van der Waals surface area contributed by atoms with Crippen LogP contribution in [-0.4, -0.2) is 29.4 Å². The molecule has 0 aromatic heterocycles. The number of carbonyl (C=O) groups is 2. The van der Waals surface area contributed by atoms with Gasteiger partial charge in [0.2, 0.25) is 5.76 Å². The highest BCUT2D eigenvalue weighted by atomic mass is 16.5. The third kappa shape index (κ3) is 3.54. The molecule has 2 aliphatic rings. The second kappa shape index (κ2) is 7.69. The van der Waals surface area contributed by atoms with E-state index in [1.165, 1.54) is 0 Å². The Labute approximate surface area is 164 Å². The van der Waals surface area contributed by atoms with Crippen molar-refractivity contribution in [3.8, 4) is 0 Å². The van der Waals surface area contributed by atoms with Crippen LogP contribution in [0.5, 0.6) is 0 Å². The number of amides is 1. The van der Waals surface area contributed by atoms with Crippen LogP contribution in [0.25, 0.3) is 0 Å². The standard InChI is InChI=1S/C24H21NO3/c1-17-12-13-21-20(16-17)22(28-24(27)19-10-6-3-7-11-19)23(26)25(21)15-14-18-8-4-2-5-9-18/h2-13,16,21H,14-15H2,1H3. The predicted molar refractivity (Wildman–Crippen MR) is 107 cm³/mol. The van der Waals surface area contributed by atoms with E-state index < -0.39 is 5.97 Å². The van der Waals surface area contributed by atoms with E-state index in [0.717, 1.165) is 23.1 Å². The molecule has 1 aliphatic carbocycles. The summed E-state index contributed by atoms with van der Waals surface area (Å²) in [5.41, 5.74) is 3.37. The number of hydrogen-bond acceptors (Lipinski definition) is 3. The highest BCUT2D eigenvalue weighted by molar-refractivity contribution is 6.01. The minimum atomic E-state index is -0.513. The van der Waals surface area contributed by atoms with Crippen molar-refractivity contribution >= 4 is 11.9 Å². The first kappa shape index (κ1) is 18.0. The van der Waals surface area contributed by atoms with Crippen molar-refractivity contribution in [3.05, 3.63) is 107 Å². The SMILES string of the molecule is CC1=CC2=C(OC(=O)c3ccccc3)C(=O)N(CCc3ccccc3)C2C=C1. The molecule has 4 heteroatoms. The van der Waals surface area contributed by atoms with E-state index in [1.807, 2.05) is 61.5 Å². The van der Waals surface area contributed by atoms with E-state index in [-0.39, 0.29) is 17.7 Å². The number of benzene rings is 2. The summed E-state index contributed by atoms with van der Waals surface area (Å²) in [7, 11) is 0. The minimum Gasteiger partial charge on any atom is -0.417 e. The lowest BCUT2D eigenvalue weighted by Gasteiger charge is -2.25. The van der Waals surface area contributed by atoms with Gasteiger partial charge in [-0.2, -0.15) is 0 Å². The van der Waals surface area contributed by atoms with E-state index in [2.05, 4.69) is 0 Å². The Bertz CT molecular complexity index is 987. The lowest BCUT2D eigenvalue weighted by atomic mass is 9.98. The fraction of sp³-hybridized carbons (Fsp3) is 0.167. The third-order valence-electron chi connectivity index (χ3n) is 4.98. The van der Waals surface area contributed by atoms with Gasteiger partial charge >= 0.3 is 5.97 Å². The van der Waals surface area contributed by atoms with E-state index in [0.29, 0.717) is 12.1 Å². The van der Waals surface area contributed by atoms with Gasteiger partial charge in [-0.3, -0.25) is 4.79 Å². The van der Waals surface area contributed by atoms with Crippen LogP contribution in [-0.2, 0) is 16.0 Å². The van der Waals surface area contributed by atoms with E-state index in [1.54, 1.807) is 29.2 Å². The molecule has 1 unspecified atom stereocenters. The summed E-state index contributed by atoms with van der Waals surface area (Å²) in [4.78, 5) is 27.4. The van der Waals surface area contributed by atoms with Crippen LogP contribution >= 0.6 is 0 Å². The summed E-state index contributed by atoms with van der Waals surface area (Å²) >= 11 is 0. The lowest BCUT2D eigenvalue weighted by Crippen LogP contribution is -2.36. The van der Waals surface area contributed by atoms with E-state index >= 15 is 0 Å². The molecule has 140 valence electrons.